The molecule has 0 spiro atoms. The summed E-state index contributed by atoms with van der Waals surface area (Å²) in [5, 5.41) is 3.27. The van der Waals surface area contributed by atoms with Crippen LogP contribution in [0.2, 0.25) is 0 Å². The highest BCUT2D eigenvalue weighted by Gasteiger charge is 2.34. The van der Waals surface area contributed by atoms with Crippen LogP contribution in [0.3, 0.4) is 0 Å². The van der Waals surface area contributed by atoms with Crippen molar-refractivity contribution in [2.45, 2.75) is 50.8 Å². The van der Waals surface area contributed by atoms with Gasteiger partial charge < -0.3 is 10.2 Å². The lowest BCUT2D eigenvalue weighted by atomic mass is 10.2. The zero-order valence-corrected chi connectivity index (χ0v) is 12.8. The Labute approximate surface area is 112 Å². The van der Waals surface area contributed by atoms with Crippen LogP contribution in [0.25, 0.3) is 0 Å². The molecule has 0 radical (unpaired) electrons. The van der Waals surface area contributed by atoms with Gasteiger partial charge in [-0.3, -0.25) is 0 Å². The Morgan fingerprint density at radius 2 is 1.89 bits per heavy atom. The van der Waals surface area contributed by atoms with Crippen LogP contribution in [-0.2, 0) is 9.84 Å². The lowest BCUT2D eigenvalue weighted by Crippen LogP contribution is -2.41. The summed E-state index contributed by atoms with van der Waals surface area (Å²) in [7, 11) is -2.89. The highest BCUT2D eigenvalue weighted by molar-refractivity contribution is 7.91. The molecule has 0 amide bonds. The molecule has 2 atom stereocenters. The minimum atomic E-state index is -2.89. The summed E-state index contributed by atoms with van der Waals surface area (Å²) in [4.78, 5) is 2.39. The monoisotopic (exact) mass is 276 g/mol. The van der Waals surface area contributed by atoms with E-state index in [9.17, 15) is 8.42 Å². The maximum absolute atomic E-state index is 11.6. The van der Waals surface area contributed by atoms with Gasteiger partial charge in [0.2, 0.25) is 0 Å². The van der Waals surface area contributed by atoms with E-state index in [1.807, 2.05) is 0 Å². The van der Waals surface area contributed by atoms with Gasteiger partial charge in [-0.1, -0.05) is 20.3 Å². The summed E-state index contributed by atoms with van der Waals surface area (Å²) in [5.41, 5.74) is 0. The SMILES string of the molecule is CCN(CC)CCCNC1CCCC1S(C)(=O)=O. The van der Waals surface area contributed by atoms with Gasteiger partial charge in [-0.05, 0) is 45.4 Å². The van der Waals surface area contributed by atoms with E-state index in [4.69, 9.17) is 0 Å². The average molecular weight is 276 g/mol. The molecular weight excluding hydrogens is 248 g/mol. The Bertz CT molecular complexity index is 326. The van der Waals surface area contributed by atoms with Gasteiger partial charge in [0.15, 0.2) is 9.84 Å². The largest absolute Gasteiger partial charge is 0.313 e. The molecule has 5 heteroatoms. The molecule has 0 saturated heterocycles. The van der Waals surface area contributed by atoms with Crippen LogP contribution in [0.4, 0.5) is 0 Å². The van der Waals surface area contributed by atoms with E-state index in [2.05, 4.69) is 24.1 Å². The molecule has 4 nitrogen and oxygen atoms in total. The highest BCUT2D eigenvalue weighted by Crippen LogP contribution is 2.24. The van der Waals surface area contributed by atoms with Crippen LogP contribution >= 0.6 is 0 Å². The Morgan fingerprint density at radius 3 is 2.44 bits per heavy atom. The summed E-state index contributed by atoms with van der Waals surface area (Å²) >= 11 is 0. The van der Waals surface area contributed by atoms with Crippen molar-refractivity contribution in [1.82, 2.24) is 10.2 Å². The Balaban J connectivity index is 2.27. The predicted molar refractivity (Wildman–Crippen MR) is 76.7 cm³/mol. The van der Waals surface area contributed by atoms with Gasteiger partial charge >= 0.3 is 0 Å². The van der Waals surface area contributed by atoms with Crippen molar-refractivity contribution in [3.8, 4) is 0 Å². The Kier molecular flexibility index (Phi) is 6.60. The zero-order valence-electron chi connectivity index (χ0n) is 12.0. The first-order valence-corrected chi connectivity index (χ1v) is 9.09. The molecule has 1 aliphatic rings. The first-order chi connectivity index (χ1) is 8.49. The van der Waals surface area contributed by atoms with E-state index in [1.54, 1.807) is 0 Å². The Morgan fingerprint density at radius 1 is 1.22 bits per heavy atom. The van der Waals surface area contributed by atoms with Gasteiger partial charge in [0.25, 0.3) is 0 Å². The molecule has 0 aliphatic heterocycles. The van der Waals surface area contributed by atoms with Crippen molar-refractivity contribution < 1.29 is 8.42 Å². The number of hydrogen-bond donors (Lipinski definition) is 1. The molecule has 1 N–H and O–H groups in total. The third kappa shape index (κ3) is 4.86. The minimum absolute atomic E-state index is 0.161. The van der Waals surface area contributed by atoms with Crippen LogP contribution < -0.4 is 5.32 Å². The lowest BCUT2D eigenvalue weighted by molar-refractivity contribution is 0.295. The van der Waals surface area contributed by atoms with Gasteiger partial charge in [-0.15, -0.1) is 0 Å². The van der Waals surface area contributed by atoms with E-state index in [-0.39, 0.29) is 11.3 Å². The van der Waals surface area contributed by atoms with Gasteiger partial charge in [0, 0.05) is 12.3 Å². The summed E-state index contributed by atoms with van der Waals surface area (Å²) in [5.74, 6) is 0. The van der Waals surface area contributed by atoms with Crippen molar-refractivity contribution in [2.75, 3.05) is 32.4 Å². The molecule has 18 heavy (non-hydrogen) atoms. The third-order valence-corrected chi connectivity index (χ3v) is 5.62. The first-order valence-electron chi connectivity index (χ1n) is 7.13. The second-order valence-electron chi connectivity index (χ2n) is 5.24. The van der Waals surface area contributed by atoms with E-state index in [0.29, 0.717) is 0 Å². The molecule has 0 aromatic rings. The number of hydrogen-bond acceptors (Lipinski definition) is 4. The molecule has 1 aliphatic carbocycles. The molecule has 0 aromatic heterocycles. The van der Waals surface area contributed by atoms with Gasteiger partial charge in [0.05, 0.1) is 5.25 Å². The van der Waals surface area contributed by atoms with Crippen molar-refractivity contribution in [3.63, 3.8) is 0 Å². The number of nitrogens with one attached hydrogen (secondary N) is 1. The van der Waals surface area contributed by atoms with Crippen LogP contribution in [0.1, 0.15) is 39.5 Å². The molecule has 108 valence electrons. The van der Waals surface area contributed by atoms with Crippen LogP contribution in [0, 0.1) is 0 Å². The topological polar surface area (TPSA) is 49.4 Å². The number of nitrogens with zero attached hydrogens (tertiary/aromatic N) is 1. The summed E-state index contributed by atoms with van der Waals surface area (Å²) in [6, 6.07) is 0.178. The maximum Gasteiger partial charge on any atom is 0.151 e. The van der Waals surface area contributed by atoms with Gasteiger partial charge in [-0.2, -0.15) is 0 Å². The van der Waals surface area contributed by atoms with Crippen LogP contribution in [0.15, 0.2) is 0 Å². The van der Waals surface area contributed by atoms with E-state index in [1.165, 1.54) is 6.26 Å². The van der Waals surface area contributed by atoms with E-state index >= 15 is 0 Å². The molecule has 1 saturated carbocycles. The van der Waals surface area contributed by atoms with E-state index < -0.39 is 9.84 Å². The maximum atomic E-state index is 11.6. The summed E-state index contributed by atoms with van der Waals surface area (Å²) in [6.45, 7) is 8.54. The predicted octanol–water partition coefficient (Wildman–Crippen LogP) is 1.27. The zero-order chi connectivity index (χ0) is 13.6. The Hall–Kier alpha value is -0.130. The van der Waals surface area contributed by atoms with Crippen molar-refractivity contribution >= 4 is 9.84 Å². The number of sulfone groups is 1. The summed E-state index contributed by atoms with van der Waals surface area (Å²) < 4.78 is 23.3. The number of rotatable bonds is 8. The minimum Gasteiger partial charge on any atom is -0.313 e. The quantitative estimate of drug-likeness (QED) is 0.678. The van der Waals surface area contributed by atoms with Crippen LogP contribution in [0.5, 0.6) is 0 Å². The molecule has 2 unspecified atom stereocenters. The highest BCUT2D eigenvalue weighted by atomic mass is 32.2. The van der Waals surface area contributed by atoms with Crippen molar-refractivity contribution in [3.05, 3.63) is 0 Å². The fourth-order valence-electron chi connectivity index (χ4n) is 2.80. The van der Waals surface area contributed by atoms with Gasteiger partial charge in [-0.25, -0.2) is 8.42 Å². The third-order valence-electron chi connectivity index (χ3n) is 3.95. The second-order valence-corrected chi connectivity index (χ2v) is 7.50. The van der Waals surface area contributed by atoms with Gasteiger partial charge in [0.1, 0.15) is 0 Å². The van der Waals surface area contributed by atoms with E-state index in [0.717, 1.165) is 51.9 Å². The summed E-state index contributed by atoms with van der Waals surface area (Å²) in [6.07, 6.45) is 5.32. The normalized spacial score (nSPS) is 24.9. The first kappa shape index (κ1) is 15.9. The molecule has 1 rings (SSSR count). The van der Waals surface area contributed by atoms with Crippen molar-refractivity contribution in [2.24, 2.45) is 0 Å². The molecular formula is C13H28N2O2S. The lowest BCUT2D eigenvalue weighted by Gasteiger charge is -2.21. The average Bonchev–Trinajstić information content (AvgIpc) is 2.77. The molecule has 0 heterocycles. The van der Waals surface area contributed by atoms with Crippen LogP contribution in [-0.4, -0.2) is 57.0 Å². The van der Waals surface area contributed by atoms with Crippen molar-refractivity contribution in [1.29, 1.82) is 0 Å². The standard InChI is InChI=1S/C13H28N2O2S/c1-4-15(5-2)11-7-10-14-12-8-6-9-13(12)18(3,16)17/h12-14H,4-11H2,1-3H3. The molecule has 0 bridgehead atoms. The molecule has 1 fully saturated rings. The fraction of sp³-hybridized carbons (Fsp3) is 1.00. The molecule has 0 aromatic carbocycles. The fourth-order valence-corrected chi connectivity index (χ4v) is 4.23. The second kappa shape index (κ2) is 7.46. The smallest absolute Gasteiger partial charge is 0.151 e.